The smallest absolute Gasteiger partial charge is 0.119 e. The fourth-order valence-electron chi connectivity index (χ4n) is 3.65. The Hall–Kier alpha value is -1.96. The summed E-state index contributed by atoms with van der Waals surface area (Å²) in [4.78, 5) is 2.34. The maximum absolute atomic E-state index is 5.96. The Labute approximate surface area is 146 Å². The van der Waals surface area contributed by atoms with Crippen molar-refractivity contribution in [2.45, 2.75) is 44.9 Å². The molecule has 0 aliphatic heterocycles. The Kier molecular flexibility index (Phi) is 6.17. The van der Waals surface area contributed by atoms with Crippen molar-refractivity contribution in [3.05, 3.63) is 60.2 Å². The summed E-state index contributed by atoms with van der Waals surface area (Å²) in [5.41, 5.74) is 2.75. The number of para-hydroxylation sites is 1. The molecule has 2 nitrogen and oxygen atoms in total. The summed E-state index contributed by atoms with van der Waals surface area (Å²) in [6, 6.07) is 19.4. The van der Waals surface area contributed by atoms with Gasteiger partial charge in [0.05, 0.1) is 6.54 Å². The second-order valence-electron chi connectivity index (χ2n) is 6.67. The molecule has 2 aromatic rings. The highest BCUT2D eigenvalue weighted by atomic mass is 16.5. The fraction of sp³-hybridized carbons (Fsp3) is 0.455. The van der Waals surface area contributed by atoms with Crippen molar-refractivity contribution >= 4 is 5.69 Å². The summed E-state index contributed by atoms with van der Waals surface area (Å²) in [7, 11) is 0. The van der Waals surface area contributed by atoms with Crippen LogP contribution in [-0.2, 0) is 0 Å². The molecular weight excluding hydrogens is 294 g/mol. The van der Waals surface area contributed by atoms with Crippen molar-refractivity contribution in [2.75, 3.05) is 24.6 Å². The molecule has 0 bridgehead atoms. The number of nitrogens with zero attached hydrogens (tertiary/aromatic N) is 1. The minimum absolute atomic E-state index is 0.714. The average Bonchev–Trinajstić information content (AvgIpc) is 2.67. The van der Waals surface area contributed by atoms with E-state index in [1.165, 1.54) is 43.4 Å². The quantitative estimate of drug-likeness (QED) is 0.654. The van der Waals surface area contributed by atoms with Crippen molar-refractivity contribution < 1.29 is 4.74 Å². The molecule has 0 atom stereocenters. The number of anilines is 1. The molecule has 0 aromatic heterocycles. The van der Waals surface area contributed by atoms with Crippen LogP contribution in [0.4, 0.5) is 5.69 Å². The molecule has 2 heteroatoms. The lowest BCUT2D eigenvalue weighted by Crippen LogP contribution is -2.27. The second-order valence-corrected chi connectivity index (χ2v) is 6.67. The van der Waals surface area contributed by atoms with Crippen LogP contribution in [0.25, 0.3) is 0 Å². The van der Waals surface area contributed by atoms with Crippen molar-refractivity contribution in [1.29, 1.82) is 0 Å². The normalized spacial score (nSPS) is 15.2. The first-order chi connectivity index (χ1) is 11.9. The van der Waals surface area contributed by atoms with E-state index in [1.54, 1.807) is 0 Å². The lowest BCUT2D eigenvalue weighted by atomic mass is 9.84. The van der Waals surface area contributed by atoms with Crippen LogP contribution in [0.1, 0.15) is 50.5 Å². The zero-order valence-electron chi connectivity index (χ0n) is 14.8. The van der Waals surface area contributed by atoms with Crippen LogP contribution in [0.3, 0.4) is 0 Å². The summed E-state index contributed by atoms with van der Waals surface area (Å²) < 4.78 is 5.96. The van der Waals surface area contributed by atoms with Crippen molar-refractivity contribution in [2.24, 2.45) is 0 Å². The molecule has 0 heterocycles. The maximum Gasteiger partial charge on any atom is 0.119 e. The third-order valence-electron chi connectivity index (χ3n) is 5.09. The number of benzene rings is 2. The molecule has 0 amide bonds. The highest BCUT2D eigenvalue weighted by Crippen LogP contribution is 2.33. The average molecular weight is 323 g/mol. The largest absolute Gasteiger partial charge is 0.492 e. The summed E-state index contributed by atoms with van der Waals surface area (Å²) >= 11 is 0. The maximum atomic E-state index is 5.96. The van der Waals surface area contributed by atoms with Gasteiger partial charge in [-0.25, -0.2) is 0 Å². The minimum atomic E-state index is 0.714. The van der Waals surface area contributed by atoms with E-state index in [9.17, 15) is 0 Å². The Balaban J connectivity index is 1.49. The first-order valence-corrected chi connectivity index (χ1v) is 9.39. The molecule has 0 radical (unpaired) electrons. The molecule has 2 aromatic carbocycles. The second kappa shape index (κ2) is 8.77. The molecule has 0 unspecified atom stereocenters. The molecule has 24 heavy (non-hydrogen) atoms. The van der Waals surface area contributed by atoms with Gasteiger partial charge in [-0.1, -0.05) is 49.6 Å². The van der Waals surface area contributed by atoms with E-state index < -0.39 is 0 Å². The van der Waals surface area contributed by atoms with Crippen LogP contribution >= 0.6 is 0 Å². The van der Waals surface area contributed by atoms with Gasteiger partial charge in [-0.15, -0.1) is 0 Å². The van der Waals surface area contributed by atoms with E-state index in [0.717, 1.165) is 24.8 Å². The minimum Gasteiger partial charge on any atom is -0.492 e. The number of rotatable bonds is 7. The van der Waals surface area contributed by atoms with Crippen molar-refractivity contribution in [3.8, 4) is 5.75 Å². The van der Waals surface area contributed by atoms with Gasteiger partial charge in [0.15, 0.2) is 0 Å². The van der Waals surface area contributed by atoms with Gasteiger partial charge in [-0.3, -0.25) is 0 Å². The van der Waals surface area contributed by atoms with Gasteiger partial charge in [0.1, 0.15) is 12.4 Å². The standard InChI is InChI=1S/C22H29NO/c1-2-23(21-11-7-4-8-12-21)17-18-24-22-15-13-20(14-16-22)19-9-5-3-6-10-19/h4,7-8,11-16,19H,2-3,5-6,9-10,17-18H2,1H3. The molecule has 1 saturated carbocycles. The SMILES string of the molecule is CCN(CCOc1ccc(C2CCCCC2)cc1)c1ccccc1. The Morgan fingerprint density at radius 1 is 0.917 bits per heavy atom. The van der Waals surface area contributed by atoms with Gasteiger partial charge in [0.2, 0.25) is 0 Å². The molecule has 1 fully saturated rings. The summed E-state index contributed by atoms with van der Waals surface area (Å²) in [5.74, 6) is 1.75. The molecule has 3 rings (SSSR count). The number of hydrogen-bond acceptors (Lipinski definition) is 2. The predicted octanol–water partition coefficient (Wildman–Crippen LogP) is 5.64. The fourth-order valence-corrected chi connectivity index (χ4v) is 3.65. The van der Waals surface area contributed by atoms with E-state index in [0.29, 0.717) is 6.61 Å². The lowest BCUT2D eigenvalue weighted by Gasteiger charge is -2.23. The van der Waals surface area contributed by atoms with Crippen molar-refractivity contribution in [1.82, 2.24) is 0 Å². The van der Waals surface area contributed by atoms with E-state index in [1.807, 2.05) is 0 Å². The third-order valence-corrected chi connectivity index (χ3v) is 5.09. The van der Waals surface area contributed by atoms with Gasteiger partial charge in [-0.2, -0.15) is 0 Å². The lowest BCUT2D eigenvalue weighted by molar-refractivity contribution is 0.324. The van der Waals surface area contributed by atoms with Crippen LogP contribution in [0.15, 0.2) is 54.6 Å². The molecule has 128 valence electrons. The highest BCUT2D eigenvalue weighted by molar-refractivity contribution is 5.45. The molecule has 0 spiro atoms. The van der Waals surface area contributed by atoms with Gasteiger partial charge < -0.3 is 9.64 Å². The van der Waals surface area contributed by atoms with Crippen LogP contribution < -0.4 is 9.64 Å². The van der Waals surface area contributed by atoms with Gasteiger partial charge in [0.25, 0.3) is 0 Å². The number of hydrogen-bond donors (Lipinski definition) is 0. The summed E-state index contributed by atoms with van der Waals surface area (Å²) in [6.07, 6.45) is 6.88. The molecular formula is C22H29NO. The van der Waals surface area contributed by atoms with Crippen LogP contribution in [0.2, 0.25) is 0 Å². The molecule has 1 aliphatic rings. The Morgan fingerprint density at radius 2 is 1.62 bits per heavy atom. The highest BCUT2D eigenvalue weighted by Gasteiger charge is 2.15. The van der Waals surface area contributed by atoms with Gasteiger partial charge in [0, 0.05) is 12.2 Å². The van der Waals surface area contributed by atoms with Crippen molar-refractivity contribution in [3.63, 3.8) is 0 Å². The number of likely N-dealkylation sites (N-methyl/N-ethyl adjacent to an activating group) is 1. The molecule has 0 saturated heterocycles. The van der Waals surface area contributed by atoms with E-state index >= 15 is 0 Å². The van der Waals surface area contributed by atoms with Gasteiger partial charge >= 0.3 is 0 Å². The first kappa shape index (κ1) is 16.9. The Morgan fingerprint density at radius 3 is 2.29 bits per heavy atom. The summed E-state index contributed by atoms with van der Waals surface area (Å²) in [5, 5.41) is 0. The Bertz CT molecular complexity index is 587. The predicted molar refractivity (Wildman–Crippen MR) is 102 cm³/mol. The van der Waals surface area contributed by atoms with Gasteiger partial charge in [-0.05, 0) is 55.5 Å². The van der Waals surface area contributed by atoms with Crippen LogP contribution in [-0.4, -0.2) is 19.7 Å². The third kappa shape index (κ3) is 4.53. The topological polar surface area (TPSA) is 12.5 Å². The zero-order chi connectivity index (χ0) is 16.6. The molecule has 0 N–H and O–H groups in total. The summed E-state index contributed by atoms with van der Waals surface area (Å²) in [6.45, 7) is 4.80. The van der Waals surface area contributed by atoms with Crippen LogP contribution in [0.5, 0.6) is 5.75 Å². The molecule has 1 aliphatic carbocycles. The van der Waals surface area contributed by atoms with E-state index in [4.69, 9.17) is 4.74 Å². The van der Waals surface area contributed by atoms with E-state index in [-0.39, 0.29) is 0 Å². The van der Waals surface area contributed by atoms with Crippen LogP contribution in [0, 0.1) is 0 Å². The number of ether oxygens (including phenoxy) is 1. The zero-order valence-corrected chi connectivity index (χ0v) is 14.8. The van der Waals surface area contributed by atoms with E-state index in [2.05, 4.69) is 66.4 Å². The first-order valence-electron chi connectivity index (χ1n) is 9.39. The monoisotopic (exact) mass is 323 g/mol.